The van der Waals surface area contributed by atoms with Crippen molar-refractivity contribution in [3.05, 3.63) is 59.7 Å². The van der Waals surface area contributed by atoms with Gasteiger partial charge in [0.15, 0.2) is 0 Å². The molecule has 1 aliphatic heterocycles. The number of carbonyl (C=O) groups is 1. The fourth-order valence-electron chi connectivity index (χ4n) is 6.47. The number of aldehydes is 1. The SMILES string of the molecule is CCc1ccccc1Oc1ccccc1[C@](O)(CCCCOC)[C@@H]1CCCN([C@@]2(C=O)C[C@@H](N)[C@@H](O)C2)C1. The highest BCUT2D eigenvalue weighted by molar-refractivity contribution is 5.65. The number of hydrogen-bond donors (Lipinski definition) is 3. The van der Waals surface area contributed by atoms with Crippen LogP contribution in [0, 0.1) is 5.92 Å². The third-order valence-corrected chi connectivity index (χ3v) is 8.68. The van der Waals surface area contributed by atoms with Crippen LogP contribution in [0.4, 0.5) is 0 Å². The standard InChI is InChI=1S/C31H44N2O5/c1-3-23-11-4-6-14-28(23)38-29-15-7-5-13-25(29)31(36,16-8-9-18-37-2)24-12-10-17-33(21-24)30(22-34)19-26(32)27(35)20-30/h4-7,11,13-15,22,24,26-27,35-36H,3,8-10,12,16-21,32H2,1-2H3/t24-,26-,27+,30+,31+/m1/s1. The molecule has 0 aromatic heterocycles. The number of benzene rings is 2. The average Bonchev–Trinajstić information content (AvgIpc) is 3.26. The first-order chi connectivity index (χ1) is 18.4. The number of hydrogen-bond acceptors (Lipinski definition) is 7. The second-order valence-corrected chi connectivity index (χ2v) is 11.1. The van der Waals surface area contributed by atoms with E-state index in [1.807, 2.05) is 42.5 Å². The number of unbranched alkanes of at least 4 members (excludes halogenated alkanes) is 1. The Balaban J connectivity index is 1.67. The van der Waals surface area contributed by atoms with Crippen LogP contribution in [0.5, 0.6) is 11.5 Å². The predicted octanol–water partition coefficient (Wildman–Crippen LogP) is 4.18. The van der Waals surface area contributed by atoms with E-state index < -0.39 is 23.3 Å². The number of methoxy groups -OCH3 is 1. The Bertz CT molecular complexity index is 1050. The molecular formula is C31H44N2O5. The van der Waals surface area contributed by atoms with Gasteiger partial charge in [-0.1, -0.05) is 43.3 Å². The van der Waals surface area contributed by atoms with Crippen molar-refractivity contribution in [1.82, 2.24) is 4.90 Å². The first kappa shape index (κ1) is 28.7. The highest BCUT2D eigenvalue weighted by Gasteiger charge is 2.51. The largest absolute Gasteiger partial charge is 0.457 e. The van der Waals surface area contributed by atoms with Crippen molar-refractivity contribution in [2.45, 2.75) is 81.6 Å². The Labute approximate surface area is 226 Å². The molecule has 2 aromatic carbocycles. The van der Waals surface area contributed by atoms with Gasteiger partial charge in [-0.3, -0.25) is 4.90 Å². The topological polar surface area (TPSA) is 105 Å². The minimum atomic E-state index is -1.16. The maximum atomic E-state index is 12.6. The van der Waals surface area contributed by atoms with E-state index in [4.69, 9.17) is 15.2 Å². The highest BCUT2D eigenvalue weighted by atomic mass is 16.5. The van der Waals surface area contributed by atoms with Gasteiger partial charge in [-0.2, -0.15) is 0 Å². The molecule has 4 N–H and O–H groups in total. The molecule has 7 nitrogen and oxygen atoms in total. The molecule has 0 spiro atoms. The molecule has 1 saturated heterocycles. The van der Waals surface area contributed by atoms with Crippen LogP contribution >= 0.6 is 0 Å². The van der Waals surface area contributed by atoms with Crippen molar-refractivity contribution < 1.29 is 24.5 Å². The number of nitrogens with zero attached hydrogens (tertiary/aromatic N) is 1. The molecule has 208 valence electrons. The molecule has 38 heavy (non-hydrogen) atoms. The van der Waals surface area contributed by atoms with Crippen molar-refractivity contribution >= 4 is 6.29 Å². The van der Waals surface area contributed by atoms with Gasteiger partial charge in [0.2, 0.25) is 0 Å². The van der Waals surface area contributed by atoms with Crippen LogP contribution in [0.2, 0.25) is 0 Å². The Morgan fingerprint density at radius 3 is 2.55 bits per heavy atom. The van der Waals surface area contributed by atoms with Gasteiger partial charge in [-0.15, -0.1) is 0 Å². The van der Waals surface area contributed by atoms with Crippen LogP contribution in [0.25, 0.3) is 0 Å². The summed E-state index contributed by atoms with van der Waals surface area (Å²) in [5, 5.41) is 23.0. The first-order valence-corrected chi connectivity index (χ1v) is 14.1. The first-order valence-electron chi connectivity index (χ1n) is 14.1. The lowest BCUT2D eigenvalue weighted by Gasteiger charge is -2.47. The highest BCUT2D eigenvalue weighted by Crippen LogP contribution is 2.46. The summed E-state index contributed by atoms with van der Waals surface area (Å²) >= 11 is 0. The van der Waals surface area contributed by atoms with Crippen LogP contribution in [0.15, 0.2) is 48.5 Å². The normalized spacial score (nSPS) is 27.7. The van der Waals surface area contributed by atoms with E-state index in [0.717, 1.165) is 61.8 Å². The predicted molar refractivity (Wildman–Crippen MR) is 148 cm³/mol. The van der Waals surface area contributed by atoms with E-state index in [-0.39, 0.29) is 5.92 Å². The lowest BCUT2D eigenvalue weighted by Crippen LogP contribution is -2.56. The number of likely N-dealkylation sites (tertiary alicyclic amines) is 1. The molecule has 0 amide bonds. The number of carbonyl (C=O) groups excluding carboxylic acids is 1. The molecule has 0 bridgehead atoms. The van der Waals surface area contributed by atoms with Gasteiger partial charge >= 0.3 is 0 Å². The number of piperidine rings is 1. The van der Waals surface area contributed by atoms with E-state index in [1.54, 1.807) is 7.11 Å². The second-order valence-electron chi connectivity index (χ2n) is 11.1. The number of aryl methyl sites for hydroxylation is 1. The maximum Gasteiger partial charge on any atom is 0.140 e. The number of rotatable bonds is 12. The molecule has 0 unspecified atom stereocenters. The molecule has 1 aliphatic carbocycles. The van der Waals surface area contributed by atoms with Crippen LogP contribution < -0.4 is 10.5 Å². The molecule has 5 atom stereocenters. The summed E-state index contributed by atoms with van der Waals surface area (Å²) in [6.07, 6.45) is 5.78. The Kier molecular flexibility index (Phi) is 9.60. The quantitative estimate of drug-likeness (QED) is 0.283. The zero-order valence-electron chi connectivity index (χ0n) is 22.9. The molecule has 1 heterocycles. The summed E-state index contributed by atoms with van der Waals surface area (Å²) in [6, 6.07) is 15.4. The Morgan fingerprint density at radius 2 is 1.87 bits per heavy atom. The smallest absolute Gasteiger partial charge is 0.140 e. The van der Waals surface area contributed by atoms with E-state index in [9.17, 15) is 15.0 Å². The molecule has 0 radical (unpaired) electrons. The zero-order chi connectivity index (χ0) is 27.2. The Hall–Kier alpha value is -2.29. The van der Waals surface area contributed by atoms with Crippen molar-refractivity contribution in [2.75, 3.05) is 26.8 Å². The summed E-state index contributed by atoms with van der Waals surface area (Å²) in [6.45, 7) is 4.04. The molecule has 2 fully saturated rings. The molecule has 4 rings (SSSR count). The fraction of sp³-hybridized carbons (Fsp3) is 0.581. The van der Waals surface area contributed by atoms with Gasteiger partial charge in [-0.05, 0) is 69.2 Å². The molecule has 7 heteroatoms. The summed E-state index contributed by atoms with van der Waals surface area (Å²) in [5.41, 5.74) is 6.09. The zero-order valence-corrected chi connectivity index (χ0v) is 22.9. The number of nitrogens with two attached hydrogens (primary N) is 1. The summed E-state index contributed by atoms with van der Waals surface area (Å²) in [4.78, 5) is 14.6. The summed E-state index contributed by atoms with van der Waals surface area (Å²) < 4.78 is 11.8. The van der Waals surface area contributed by atoms with E-state index in [1.165, 1.54) is 0 Å². The molecule has 2 aromatic rings. The minimum absolute atomic E-state index is 0.115. The monoisotopic (exact) mass is 524 g/mol. The number of aliphatic hydroxyl groups excluding tert-OH is 1. The Morgan fingerprint density at radius 1 is 1.13 bits per heavy atom. The lowest BCUT2D eigenvalue weighted by atomic mass is 9.73. The summed E-state index contributed by atoms with van der Waals surface area (Å²) in [5.74, 6) is 1.34. The molecule has 1 saturated carbocycles. The van der Waals surface area contributed by atoms with Crippen LogP contribution in [0.1, 0.15) is 63.0 Å². The van der Waals surface area contributed by atoms with Gasteiger partial charge in [0, 0.05) is 44.2 Å². The van der Waals surface area contributed by atoms with Crippen molar-refractivity contribution in [2.24, 2.45) is 11.7 Å². The van der Waals surface area contributed by atoms with Crippen molar-refractivity contribution in [1.29, 1.82) is 0 Å². The third-order valence-electron chi connectivity index (χ3n) is 8.68. The van der Waals surface area contributed by atoms with Crippen LogP contribution in [-0.2, 0) is 21.6 Å². The van der Waals surface area contributed by atoms with Crippen LogP contribution in [-0.4, -0.2) is 65.9 Å². The second kappa shape index (κ2) is 12.7. The van der Waals surface area contributed by atoms with Gasteiger partial charge in [0.05, 0.1) is 17.2 Å². The molecule has 2 aliphatic rings. The van der Waals surface area contributed by atoms with Gasteiger partial charge in [0.25, 0.3) is 0 Å². The minimum Gasteiger partial charge on any atom is -0.457 e. The van der Waals surface area contributed by atoms with E-state index in [0.29, 0.717) is 38.2 Å². The third kappa shape index (κ3) is 5.97. The van der Waals surface area contributed by atoms with Gasteiger partial charge < -0.3 is 30.2 Å². The van der Waals surface area contributed by atoms with Crippen LogP contribution in [0.3, 0.4) is 0 Å². The van der Waals surface area contributed by atoms with Gasteiger partial charge in [-0.25, -0.2) is 0 Å². The fourth-order valence-corrected chi connectivity index (χ4v) is 6.47. The van der Waals surface area contributed by atoms with Crippen molar-refractivity contribution in [3.8, 4) is 11.5 Å². The summed E-state index contributed by atoms with van der Waals surface area (Å²) in [7, 11) is 1.69. The molecular weight excluding hydrogens is 480 g/mol. The van der Waals surface area contributed by atoms with E-state index >= 15 is 0 Å². The van der Waals surface area contributed by atoms with Gasteiger partial charge in [0.1, 0.15) is 17.8 Å². The number of aliphatic hydroxyl groups is 2. The van der Waals surface area contributed by atoms with Crippen molar-refractivity contribution in [3.63, 3.8) is 0 Å². The van der Waals surface area contributed by atoms with E-state index in [2.05, 4.69) is 17.9 Å². The lowest BCUT2D eigenvalue weighted by molar-refractivity contribution is -0.125. The number of para-hydroxylation sites is 2. The number of ether oxygens (including phenoxy) is 2. The average molecular weight is 525 g/mol. The maximum absolute atomic E-state index is 12.6.